The molecule has 2 unspecified atom stereocenters. The lowest BCUT2D eigenvalue weighted by Crippen LogP contribution is -2.56. The van der Waals surface area contributed by atoms with Gasteiger partial charge in [-0.15, -0.1) is 0 Å². The maximum absolute atomic E-state index is 9.62. The SMILES string of the molecule is CC1(C)C(O)CC1Oc1ccc(Cl)cc1Br. The summed E-state index contributed by atoms with van der Waals surface area (Å²) in [4.78, 5) is 0. The van der Waals surface area contributed by atoms with Crippen molar-refractivity contribution in [2.45, 2.75) is 32.5 Å². The fourth-order valence-corrected chi connectivity index (χ4v) is 2.56. The van der Waals surface area contributed by atoms with Crippen LogP contribution < -0.4 is 4.74 Å². The topological polar surface area (TPSA) is 29.5 Å². The van der Waals surface area contributed by atoms with Crippen LogP contribution in [0.25, 0.3) is 0 Å². The van der Waals surface area contributed by atoms with E-state index in [1.165, 1.54) is 0 Å². The molecule has 1 aliphatic rings. The third-order valence-electron chi connectivity index (χ3n) is 3.29. The molecule has 2 atom stereocenters. The fourth-order valence-electron chi connectivity index (χ4n) is 1.79. The van der Waals surface area contributed by atoms with Crippen molar-refractivity contribution >= 4 is 27.5 Å². The van der Waals surface area contributed by atoms with Gasteiger partial charge in [0.05, 0.1) is 10.6 Å². The van der Waals surface area contributed by atoms with Crippen molar-refractivity contribution in [1.29, 1.82) is 0 Å². The first-order chi connectivity index (χ1) is 7.41. The maximum atomic E-state index is 9.62. The summed E-state index contributed by atoms with van der Waals surface area (Å²) in [6.07, 6.45) is 0.464. The molecular weight excluding hydrogens is 291 g/mol. The molecule has 0 spiro atoms. The van der Waals surface area contributed by atoms with Crippen LogP contribution in [-0.2, 0) is 0 Å². The van der Waals surface area contributed by atoms with Crippen LogP contribution in [0.3, 0.4) is 0 Å². The third kappa shape index (κ3) is 2.08. The second-order valence-corrected chi connectivity index (χ2v) is 6.04. The van der Waals surface area contributed by atoms with Gasteiger partial charge in [0.1, 0.15) is 11.9 Å². The van der Waals surface area contributed by atoms with Crippen molar-refractivity contribution in [1.82, 2.24) is 0 Å². The lowest BCUT2D eigenvalue weighted by Gasteiger charge is -2.48. The molecule has 0 heterocycles. The van der Waals surface area contributed by atoms with E-state index in [9.17, 15) is 5.11 Å². The minimum Gasteiger partial charge on any atom is -0.488 e. The van der Waals surface area contributed by atoms with E-state index in [0.717, 1.165) is 10.2 Å². The predicted octanol–water partition coefficient (Wildman–Crippen LogP) is 3.64. The van der Waals surface area contributed by atoms with E-state index < -0.39 is 0 Å². The number of halogens is 2. The number of rotatable bonds is 2. The Morgan fingerprint density at radius 1 is 1.50 bits per heavy atom. The van der Waals surface area contributed by atoms with Gasteiger partial charge < -0.3 is 9.84 Å². The Balaban J connectivity index is 2.11. The largest absolute Gasteiger partial charge is 0.488 e. The monoisotopic (exact) mass is 304 g/mol. The molecule has 2 nitrogen and oxygen atoms in total. The van der Waals surface area contributed by atoms with E-state index in [-0.39, 0.29) is 17.6 Å². The molecule has 0 amide bonds. The normalized spacial score (nSPS) is 27.3. The second-order valence-electron chi connectivity index (χ2n) is 4.75. The quantitative estimate of drug-likeness (QED) is 0.904. The van der Waals surface area contributed by atoms with Crippen molar-refractivity contribution in [2.75, 3.05) is 0 Å². The minimum atomic E-state index is -0.274. The van der Waals surface area contributed by atoms with Crippen molar-refractivity contribution in [3.8, 4) is 5.75 Å². The Morgan fingerprint density at radius 2 is 2.19 bits per heavy atom. The van der Waals surface area contributed by atoms with Gasteiger partial charge in [0, 0.05) is 16.9 Å². The Kier molecular flexibility index (Phi) is 3.21. The molecule has 1 aliphatic carbocycles. The molecule has 4 heteroatoms. The van der Waals surface area contributed by atoms with Gasteiger partial charge in [0.25, 0.3) is 0 Å². The van der Waals surface area contributed by atoms with E-state index in [1.54, 1.807) is 12.1 Å². The summed E-state index contributed by atoms with van der Waals surface area (Å²) >= 11 is 9.26. The number of benzene rings is 1. The van der Waals surface area contributed by atoms with E-state index in [4.69, 9.17) is 16.3 Å². The molecule has 0 aromatic heterocycles. The molecule has 1 fully saturated rings. The fraction of sp³-hybridized carbons (Fsp3) is 0.500. The van der Waals surface area contributed by atoms with Crippen LogP contribution in [0.1, 0.15) is 20.3 Å². The Bertz CT molecular complexity index is 406. The van der Waals surface area contributed by atoms with E-state index in [2.05, 4.69) is 15.9 Å². The van der Waals surface area contributed by atoms with Crippen LogP contribution in [0.15, 0.2) is 22.7 Å². The number of hydrogen-bond acceptors (Lipinski definition) is 2. The summed E-state index contributed by atoms with van der Waals surface area (Å²) < 4.78 is 6.70. The number of hydrogen-bond donors (Lipinski definition) is 1. The zero-order valence-corrected chi connectivity index (χ0v) is 11.5. The highest BCUT2D eigenvalue weighted by Gasteiger charge is 2.49. The lowest BCUT2D eigenvalue weighted by molar-refractivity contribution is -0.134. The van der Waals surface area contributed by atoms with Gasteiger partial charge in [-0.1, -0.05) is 25.4 Å². The van der Waals surface area contributed by atoms with Crippen LogP contribution in [0, 0.1) is 5.41 Å². The first-order valence-corrected chi connectivity index (χ1v) is 6.38. The number of ether oxygens (including phenoxy) is 1. The molecule has 2 rings (SSSR count). The van der Waals surface area contributed by atoms with Crippen molar-refractivity contribution in [2.24, 2.45) is 5.41 Å². The molecule has 0 radical (unpaired) electrons. The van der Waals surface area contributed by atoms with Gasteiger partial charge in [-0.2, -0.15) is 0 Å². The Labute approximate surface area is 109 Å². The average Bonchev–Trinajstić information content (AvgIpc) is 2.21. The summed E-state index contributed by atoms with van der Waals surface area (Å²) in [5.41, 5.74) is -0.181. The van der Waals surface area contributed by atoms with E-state index in [0.29, 0.717) is 11.4 Å². The van der Waals surface area contributed by atoms with Crippen LogP contribution in [0.5, 0.6) is 5.75 Å². The van der Waals surface area contributed by atoms with Crippen LogP contribution in [0.2, 0.25) is 5.02 Å². The maximum Gasteiger partial charge on any atom is 0.134 e. The van der Waals surface area contributed by atoms with Gasteiger partial charge in [-0.25, -0.2) is 0 Å². The molecule has 0 bridgehead atoms. The molecule has 88 valence electrons. The van der Waals surface area contributed by atoms with Gasteiger partial charge in [0.15, 0.2) is 0 Å². The lowest BCUT2D eigenvalue weighted by atomic mass is 9.66. The van der Waals surface area contributed by atoms with E-state index >= 15 is 0 Å². The molecule has 16 heavy (non-hydrogen) atoms. The molecule has 1 aromatic carbocycles. The van der Waals surface area contributed by atoms with Gasteiger partial charge in [-0.05, 0) is 34.1 Å². The highest BCUT2D eigenvalue weighted by Crippen LogP contribution is 2.44. The van der Waals surface area contributed by atoms with Crippen LogP contribution >= 0.6 is 27.5 Å². The van der Waals surface area contributed by atoms with Crippen LogP contribution in [0.4, 0.5) is 0 Å². The van der Waals surface area contributed by atoms with Gasteiger partial charge in [-0.3, -0.25) is 0 Å². The molecule has 1 N–H and O–H groups in total. The minimum absolute atomic E-state index is 0.0555. The summed E-state index contributed by atoms with van der Waals surface area (Å²) in [5, 5.41) is 10.3. The van der Waals surface area contributed by atoms with Crippen molar-refractivity contribution < 1.29 is 9.84 Å². The number of aliphatic hydroxyl groups is 1. The second kappa shape index (κ2) is 4.21. The first-order valence-electron chi connectivity index (χ1n) is 5.21. The first kappa shape index (κ1) is 12.2. The van der Waals surface area contributed by atoms with Crippen molar-refractivity contribution in [3.63, 3.8) is 0 Å². The summed E-state index contributed by atoms with van der Waals surface area (Å²) in [6.45, 7) is 4.02. The predicted molar refractivity (Wildman–Crippen MR) is 68.0 cm³/mol. The smallest absolute Gasteiger partial charge is 0.134 e. The highest BCUT2D eigenvalue weighted by molar-refractivity contribution is 9.10. The molecule has 1 saturated carbocycles. The molecule has 1 aromatic rings. The molecule has 0 saturated heterocycles. The summed E-state index contributed by atoms with van der Waals surface area (Å²) in [5.74, 6) is 0.773. The third-order valence-corrected chi connectivity index (χ3v) is 4.14. The standard InChI is InChI=1S/C12H14BrClO2/c1-12(2)10(15)6-11(12)16-9-4-3-7(14)5-8(9)13/h3-5,10-11,15H,6H2,1-2H3. The van der Waals surface area contributed by atoms with Crippen LogP contribution in [-0.4, -0.2) is 17.3 Å². The molecular formula is C12H14BrClO2. The summed E-state index contributed by atoms with van der Waals surface area (Å²) in [7, 11) is 0. The van der Waals surface area contributed by atoms with Gasteiger partial charge >= 0.3 is 0 Å². The highest BCUT2D eigenvalue weighted by atomic mass is 79.9. The zero-order valence-electron chi connectivity index (χ0n) is 9.21. The Hall–Kier alpha value is -0.250. The van der Waals surface area contributed by atoms with Crippen molar-refractivity contribution in [3.05, 3.63) is 27.7 Å². The zero-order chi connectivity index (χ0) is 11.9. The van der Waals surface area contributed by atoms with Gasteiger partial charge in [0.2, 0.25) is 0 Å². The number of aliphatic hydroxyl groups excluding tert-OH is 1. The Morgan fingerprint density at radius 3 is 2.69 bits per heavy atom. The average molecular weight is 306 g/mol. The van der Waals surface area contributed by atoms with E-state index in [1.807, 2.05) is 19.9 Å². The summed E-state index contributed by atoms with van der Waals surface area (Å²) in [6, 6.07) is 5.44. The molecule has 0 aliphatic heterocycles.